The second-order valence-electron chi connectivity index (χ2n) is 5.18. The molecule has 2 N–H and O–H groups in total. The maximum absolute atomic E-state index is 11.8. The Morgan fingerprint density at radius 3 is 2.95 bits per heavy atom. The predicted molar refractivity (Wildman–Crippen MR) is 67.7 cm³/mol. The Hall–Kier alpha value is -1.82. The summed E-state index contributed by atoms with van der Waals surface area (Å²) in [5, 5.41) is 11.7. The number of nitrogens with zero attached hydrogens (tertiary/aromatic N) is 1. The molecule has 0 saturated carbocycles. The molecule has 1 atom stereocenters. The molecule has 0 aromatic carbocycles. The van der Waals surface area contributed by atoms with Crippen molar-refractivity contribution < 1.29 is 19.1 Å². The summed E-state index contributed by atoms with van der Waals surface area (Å²) in [6.45, 7) is 3.81. The maximum Gasteiger partial charge on any atom is 0.372 e. The summed E-state index contributed by atoms with van der Waals surface area (Å²) in [5.41, 5.74) is 0.246. The van der Waals surface area contributed by atoms with Gasteiger partial charge in [0, 0.05) is 25.7 Å². The smallest absolute Gasteiger partial charge is 0.372 e. The van der Waals surface area contributed by atoms with Crippen molar-refractivity contribution in [1.29, 1.82) is 0 Å². The molecule has 19 heavy (non-hydrogen) atoms. The molecule has 2 rings (SSSR count). The van der Waals surface area contributed by atoms with Crippen molar-refractivity contribution in [2.24, 2.45) is 5.41 Å². The number of carboxylic acid groups (broad SMARTS) is 1. The SMILES string of the molecule is CNC(=O)C1(C)CCN(Cc2ccoc2C(=O)O)C1. The number of amides is 1. The Morgan fingerprint density at radius 2 is 2.32 bits per heavy atom. The molecule has 6 heteroatoms. The highest BCUT2D eigenvalue weighted by Gasteiger charge is 2.39. The quantitative estimate of drug-likeness (QED) is 0.847. The zero-order valence-electron chi connectivity index (χ0n) is 11.1. The Bertz CT molecular complexity index is 497. The molecule has 0 bridgehead atoms. The summed E-state index contributed by atoms with van der Waals surface area (Å²) < 4.78 is 4.95. The van der Waals surface area contributed by atoms with Crippen molar-refractivity contribution in [3.05, 3.63) is 23.7 Å². The van der Waals surface area contributed by atoms with Crippen LogP contribution in [-0.4, -0.2) is 42.0 Å². The Morgan fingerprint density at radius 1 is 1.58 bits per heavy atom. The molecule has 0 spiro atoms. The number of hydrogen-bond donors (Lipinski definition) is 2. The minimum absolute atomic E-state index is 0.0199. The van der Waals surface area contributed by atoms with Crippen LogP contribution >= 0.6 is 0 Å². The molecule has 1 aromatic heterocycles. The van der Waals surface area contributed by atoms with Crippen LogP contribution in [0.2, 0.25) is 0 Å². The number of aromatic carboxylic acids is 1. The number of rotatable bonds is 4. The number of nitrogens with one attached hydrogen (secondary N) is 1. The Kier molecular flexibility index (Phi) is 3.61. The second-order valence-corrected chi connectivity index (χ2v) is 5.18. The summed E-state index contributed by atoms with van der Waals surface area (Å²) >= 11 is 0. The number of carbonyl (C=O) groups excluding carboxylic acids is 1. The molecule has 0 radical (unpaired) electrons. The van der Waals surface area contributed by atoms with Crippen LogP contribution in [0.5, 0.6) is 0 Å². The van der Waals surface area contributed by atoms with Crippen LogP contribution < -0.4 is 5.32 Å². The summed E-state index contributed by atoms with van der Waals surface area (Å²) in [6, 6.07) is 1.67. The second kappa shape index (κ2) is 5.05. The van der Waals surface area contributed by atoms with E-state index in [9.17, 15) is 9.59 Å². The van der Waals surface area contributed by atoms with Crippen LogP contribution in [0.3, 0.4) is 0 Å². The normalized spacial score (nSPS) is 23.5. The standard InChI is InChI=1S/C13H18N2O4/c1-13(12(18)14-2)4-5-15(8-13)7-9-3-6-19-10(9)11(16)17/h3,6H,4-5,7-8H2,1-2H3,(H,14,18)(H,16,17). The molecule has 1 unspecified atom stereocenters. The third-order valence-electron chi connectivity index (χ3n) is 3.66. The van der Waals surface area contributed by atoms with Gasteiger partial charge in [-0.1, -0.05) is 0 Å². The lowest BCUT2D eigenvalue weighted by Crippen LogP contribution is -2.39. The molecule has 1 fully saturated rings. The van der Waals surface area contributed by atoms with Gasteiger partial charge in [-0.05, 0) is 26.0 Å². The molecule has 1 aliphatic rings. The first kappa shape index (κ1) is 13.6. The number of hydrogen-bond acceptors (Lipinski definition) is 4. The molecule has 2 heterocycles. The number of carboxylic acids is 1. The highest BCUT2D eigenvalue weighted by molar-refractivity contribution is 5.86. The number of carbonyl (C=O) groups is 2. The first-order valence-electron chi connectivity index (χ1n) is 6.20. The molecule has 1 amide bonds. The van der Waals surface area contributed by atoms with Crippen molar-refractivity contribution in [2.75, 3.05) is 20.1 Å². The first-order valence-corrected chi connectivity index (χ1v) is 6.20. The molecule has 1 aromatic rings. The third kappa shape index (κ3) is 2.63. The van der Waals surface area contributed by atoms with Gasteiger partial charge in [0.15, 0.2) is 0 Å². The lowest BCUT2D eigenvalue weighted by atomic mass is 9.89. The molecular formula is C13H18N2O4. The van der Waals surface area contributed by atoms with E-state index in [-0.39, 0.29) is 11.7 Å². The van der Waals surface area contributed by atoms with Crippen molar-refractivity contribution in [2.45, 2.75) is 19.9 Å². The Labute approximate surface area is 111 Å². The van der Waals surface area contributed by atoms with E-state index < -0.39 is 11.4 Å². The molecular weight excluding hydrogens is 248 g/mol. The van der Waals surface area contributed by atoms with Gasteiger partial charge in [0.1, 0.15) is 0 Å². The van der Waals surface area contributed by atoms with Crippen molar-refractivity contribution in [3.8, 4) is 0 Å². The van der Waals surface area contributed by atoms with Crippen molar-refractivity contribution >= 4 is 11.9 Å². The van der Waals surface area contributed by atoms with Crippen LogP contribution in [0.1, 0.15) is 29.5 Å². The van der Waals surface area contributed by atoms with E-state index in [0.29, 0.717) is 18.7 Å². The summed E-state index contributed by atoms with van der Waals surface area (Å²) in [4.78, 5) is 24.8. The van der Waals surface area contributed by atoms with E-state index >= 15 is 0 Å². The van der Waals surface area contributed by atoms with Gasteiger partial charge in [0.05, 0.1) is 11.7 Å². The average molecular weight is 266 g/mol. The molecule has 1 saturated heterocycles. The topological polar surface area (TPSA) is 82.8 Å². The van der Waals surface area contributed by atoms with Gasteiger partial charge in [-0.15, -0.1) is 0 Å². The van der Waals surface area contributed by atoms with Gasteiger partial charge >= 0.3 is 5.97 Å². The monoisotopic (exact) mass is 266 g/mol. The van der Waals surface area contributed by atoms with E-state index in [0.717, 1.165) is 13.0 Å². The van der Waals surface area contributed by atoms with Crippen LogP contribution in [0.4, 0.5) is 0 Å². The van der Waals surface area contributed by atoms with Gasteiger partial charge in [0.25, 0.3) is 0 Å². The maximum atomic E-state index is 11.8. The molecule has 0 aliphatic carbocycles. The van der Waals surface area contributed by atoms with Gasteiger partial charge in [-0.3, -0.25) is 9.69 Å². The van der Waals surface area contributed by atoms with Crippen LogP contribution in [0.25, 0.3) is 0 Å². The fourth-order valence-electron chi connectivity index (χ4n) is 2.57. The van der Waals surface area contributed by atoms with E-state index in [1.54, 1.807) is 13.1 Å². The molecule has 104 valence electrons. The summed E-state index contributed by atoms with van der Waals surface area (Å²) in [5.74, 6) is -1.05. The van der Waals surface area contributed by atoms with Crippen LogP contribution in [0, 0.1) is 5.41 Å². The average Bonchev–Trinajstić information content (AvgIpc) is 2.97. The van der Waals surface area contributed by atoms with Gasteiger partial charge in [-0.25, -0.2) is 4.79 Å². The highest BCUT2D eigenvalue weighted by Crippen LogP contribution is 2.31. The highest BCUT2D eigenvalue weighted by atomic mass is 16.4. The van der Waals surface area contributed by atoms with Gasteiger partial charge in [0.2, 0.25) is 11.7 Å². The van der Waals surface area contributed by atoms with Crippen LogP contribution in [-0.2, 0) is 11.3 Å². The predicted octanol–water partition coefficient (Wildman–Crippen LogP) is 0.936. The zero-order valence-corrected chi connectivity index (χ0v) is 11.1. The van der Waals surface area contributed by atoms with Crippen molar-refractivity contribution in [3.63, 3.8) is 0 Å². The minimum atomic E-state index is -1.06. The van der Waals surface area contributed by atoms with E-state index in [1.165, 1.54) is 6.26 Å². The lowest BCUT2D eigenvalue weighted by Gasteiger charge is -2.22. The van der Waals surface area contributed by atoms with Crippen LogP contribution in [0.15, 0.2) is 16.7 Å². The van der Waals surface area contributed by atoms with E-state index in [2.05, 4.69) is 10.2 Å². The lowest BCUT2D eigenvalue weighted by molar-refractivity contribution is -0.129. The number of likely N-dealkylation sites (tertiary alicyclic amines) is 1. The van der Waals surface area contributed by atoms with Gasteiger partial charge in [-0.2, -0.15) is 0 Å². The van der Waals surface area contributed by atoms with E-state index in [1.807, 2.05) is 6.92 Å². The Balaban J connectivity index is 2.04. The minimum Gasteiger partial charge on any atom is -0.475 e. The largest absolute Gasteiger partial charge is 0.475 e. The first-order chi connectivity index (χ1) is 8.96. The van der Waals surface area contributed by atoms with E-state index in [4.69, 9.17) is 9.52 Å². The van der Waals surface area contributed by atoms with Crippen molar-refractivity contribution in [1.82, 2.24) is 10.2 Å². The third-order valence-corrected chi connectivity index (χ3v) is 3.66. The fourth-order valence-corrected chi connectivity index (χ4v) is 2.57. The van der Waals surface area contributed by atoms with Gasteiger partial charge < -0.3 is 14.8 Å². The molecule has 1 aliphatic heterocycles. The molecule has 6 nitrogen and oxygen atoms in total. The fraction of sp³-hybridized carbons (Fsp3) is 0.538. The zero-order chi connectivity index (χ0) is 14.0. The number of furan rings is 1. The summed E-state index contributed by atoms with van der Waals surface area (Å²) in [6.07, 6.45) is 2.15. The summed E-state index contributed by atoms with van der Waals surface area (Å²) in [7, 11) is 1.63.